The second-order valence-corrected chi connectivity index (χ2v) is 8.33. The number of carbonyl (C=O) groups is 1. The van der Waals surface area contributed by atoms with Crippen LogP contribution in [0.3, 0.4) is 0 Å². The molecule has 2 aromatic carbocycles. The van der Waals surface area contributed by atoms with E-state index in [0.717, 1.165) is 52.2 Å². The Bertz CT molecular complexity index is 862. The highest BCUT2D eigenvalue weighted by Crippen LogP contribution is 2.36. The summed E-state index contributed by atoms with van der Waals surface area (Å²) in [5.74, 6) is -0.191. The number of esters is 1. The standard InChI is InChI=1S/C26H33N3O2/c1-22(30)31-21-20-28-15-6-14-27(18-19-28)16-7-17-29-25-10-4-2-8-23(25)12-13-24-9-3-5-11-26(24)29/h2-5,8-13H,6-7,14-21H2,1H3. The lowest BCUT2D eigenvalue weighted by atomic mass is 10.1. The number of fused-ring (bicyclic) bond motifs is 2. The fourth-order valence-electron chi connectivity index (χ4n) is 4.54. The van der Waals surface area contributed by atoms with Crippen LogP contribution in [-0.2, 0) is 9.53 Å². The summed E-state index contributed by atoms with van der Waals surface area (Å²) >= 11 is 0. The van der Waals surface area contributed by atoms with Gasteiger partial charge in [-0.15, -0.1) is 0 Å². The van der Waals surface area contributed by atoms with E-state index < -0.39 is 0 Å². The van der Waals surface area contributed by atoms with Crippen molar-refractivity contribution in [3.8, 4) is 0 Å². The van der Waals surface area contributed by atoms with E-state index >= 15 is 0 Å². The molecular formula is C26H33N3O2. The van der Waals surface area contributed by atoms with Gasteiger partial charge in [0.25, 0.3) is 0 Å². The molecule has 164 valence electrons. The van der Waals surface area contributed by atoms with Gasteiger partial charge in [-0.2, -0.15) is 0 Å². The third kappa shape index (κ3) is 5.75. The van der Waals surface area contributed by atoms with E-state index in [0.29, 0.717) is 6.61 Å². The smallest absolute Gasteiger partial charge is 0.302 e. The highest BCUT2D eigenvalue weighted by Gasteiger charge is 2.19. The molecule has 31 heavy (non-hydrogen) atoms. The largest absolute Gasteiger partial charge is 0.465 e. The van der Waals surface area contributed by atoms with Gasteiger partial charge in [0.2, 0.25) is 0 Å². The summed E-state index contributed by atoms with van der Waals surface area (Å²) in [4.78, 5) is 18.4. The second-order valence-electron chi connectivity index (χ2n) is 8.33. The zero-order chi connectivity index (χ0) is 21.5. The quantitative estimate of drug-likeness (QED) is 0.627. The van der Waals surface area contributed by atoms with Crippen molar-refractivity contribution in [3.63, 3.8) is 0 Å². The van der Waals surface area contributed by atoms with Crippen LogP contribution in [0.2, 0.25) is 0 Å². The molecule has 0 unspecified atom stereocenters. The summed E-state index contributed by atoms with van der Waals surface area (Å²) in [5, 5.41) is 0. The van der Waals surface area contributed by atoms with Gasteiger partial charge in [0.15, 0.2) is 0 Å². The van der Waals surface area contributed by atoms with Crippen LogP contribution < -0.4 is 4.90 Å². The van der Waals surface area contributed by atoms with Crippen LogP contribution >= 0.6 is 0 Å². The fraction of sp³-hybridized carbons (Fsp3) is 0.423. The van der Waals surface area contributed by atoms with Crippen LogP contribution in [0.1, 0.15) is 30.9 Å². The lowest BCUT2D eigenvalue weighted by Crippen LogP contribution is -2.34. The first-order valence-corrected chi connectivity index (χ1v) is 11.4. The van der Waals surface area contributed by atoms with Crippen LogP contribution in [0.5, 0.6) is 0 Å². The molecule has 0 radical (unpaired) electrons. The van der Waals surface area contributed by atoms with Gasteiger partial charge in [0.1, 0.15) is 6.61 Å². The molecule has 0 amide bonds. The Kier molecular flexibility index (Phi) is 7.39. The van der Waals surface area contributed by atoms with Crippen molar-refractivity contribution in [1.29, 1.82) is 0 Å². The van der Waals surface area contributed by atoms with E-state index in [2.05, 4.69) is 75.4 Å². The summed E-state index contributed by atoms with van der Waals surface area (Å²) in [7, 11) is 0. The van der Waals surface area contributed by atoms with Gasteiger partial charge in [-0.1, -0.05) is 48.6 Å². The molecule has 4 rings (SSSR count). The van der Waals surface area contributed by atoms with Crippen molar-refractivity contribution < 1.29 is 9.53 Å². The first-order valence-electron chi connectivity index (χ1n) is 11.4. The predicted molar refractivity (Wildman–Crippen MR) is 128 cm³/mol. The molecule has 0 aliphatic carbocycles. The van der Waals surface area contributed by atoms with Crippen molar-refractivity contribution in [3.05, 3.63) is 59.7 Å². The van der Waals surface area contributed by atoms with Crippen LogP contribution in [0, 0.1) is 0 Å². The van der Waals surface area contributed by atoms with Gasteiger partial charge in [-0.25, -0.2) is 0 Å². The number of anilines is 2. The highest BCUT2D eigenvalue weighted by atomic mass is 16.5. The van der Waals surface area contributed by atoms with Gasteiger partial charge in [0.05, 0.1) is 0 Å². The van der Waals surface area contributed by atoms with Gasteiger partial charge < -0.3 is 14.5 Å². The zero-order valence-corrected chi connectivity index (χ0v) is 18.5. The lowest BCUT2D eigenvalue weighted by molar-refractivity contribution is -0.141. The Labute approximate surface area is 185 Å². The Morgan fingerprint density at radius 1 is 0.806 bits per heavy atom. The highest BCUT2D eigenvalue weighted by molar-refractivity contribution is 5.88. The van der Waals surface area contributed by atoms with Crippen LogP contribution in [-0.4, -0.2) is 68.2 Å². The van der Waals surface area contributed by atoms with Crippen LogP contribution in [0.4, 0.5) is 11.4 Å². The minimum Gasteiger partial charge on any atom is -0.465 e. The van der Waals surface area contributed by atoms with E-state index in [1.54, 1.807) is 0 Å². The summed E-state index contributed by atoms with van der Waals surface area (Å²) in [5.41, 5.74) is 5.13. The molecule has 2 heterocycles. The monoisotopic (exact) mass is 419 g/mol. The van der Waals surface area contributed by atoms with Gasteiger partial charge in [-0.3, -0.25) is 9.69 Å². The number of benzene rings is 2. The molecule has 2 aliphatic rings. The molecule has 1 fully saturated rings. The maximum Gasteiger partial charge on any atom is 0.302 e. The number of hydrogen-bond acceptors (Lipinski definition) is 5. The van der Waals surface area contributed by atoms with Gasteiger partial charge in [-0.05, 0) is 55.7 Å². The first kappa shape index (κ1) is 21.6. The SMILES string of the molecule is CC(=O)OCCN1CCCN(CCCN2c3ccccc3C=Cc3ccccc32)CC1. The molecule has 1 saturated heterocycles. The van der Waals surface area contributed by atoms with E-state index in [1.807, 2.05) is 0 Å². The molecule has 0 saturated carbocycles. The molecule has 0 spiro atoms. The Hall–Kier alpha value is -2.63. The van der Waals surface area contributed by atoms with E-state index in [1.165, 1.54) is 35.8 Å². The average Bonchev–Trinajstić information content (AvgIpc) is 3.09. The minimum absolute atomic E-state index is 0.191. The minimum atomic E-state index is -0.191. The van der Waals surface area contributed by atoms with E-state index in [-0.39, 0.29) is 5.97 Å². The molecule has 0 atom stereocenters. The maximum absolute atomic E-state index is 11.0. The summed E-state index contributed by atoms with van der Waals surface area (Å²) in [6.45, 7) is 9.25. The summed E-state index contributed by atoms with van der Waals surface area (Å²) in [6.07, 6.45) is 6.75. The van der Waals surface area contributed by atoms with E-state index in [4.69, 9.17) is 4.74 Å². The summed E-state index contributed by atoms with van der Waals surface area (Å²) in [6, 6.07) is 17.3. The number of ether oxygens (including phenoxy) is 1. The third-order valence-electron chi connectivity index (χ3n) is 6.15. The van der Waals surface area contributed by atoms with Crippen molar-refractivity contribution >= 4 is 29.5 Å². The molecule has 2 aromatic rings. The number of para-hydroxylation sites is 2. The lowest BCUT2D eigenvalue weighted by Gasteiger charge is -2.28. The molecule has 5 nitrogen and oxygen atoms in total. The fourth-order valence-corrected chi connectivity index (χ4v) is 4.54. The molecule has 0 N–H and O–H groups in total. The topological polar surface area (TPSA) is 36.0 Å². The Balaban J connectivity index is 1.34. The molecular weight excluding hydrogens is 386 g/mol. The number of nitrogens with zero attached hydrogens (tertiary/aromatic N) is 3. The molecule has 5 heteroatoms. The number of hydrogen-bond donors (Lipinski definition) is 0. The molecule has 0 bridgehead atoms. The Morgan fingerprint density at radius 3 is 2.00 bits per heavy atom. The van der Waals surface area contributed by atoms with Gasteiger partial charge >= 0.3 is 5.97 Å². The molecule has 0 aromatic heterocycles. The number of carbonyl (C=O) groups excluding carboxylic acids is 1. The predicted octanol–water partition coefficient (Wildman–Crippen LogP) is 4.27. The van der Waals surface area contributed by atoms with Crippen molar-refractivity contribution in [2.45, 2.75) is 19.8 Å². The van der Waals surface area contributed by atoms with Crippen LogP contribution in [0.25, 0.3) is 12.2 Å². The van der Waals surface area contributed by atoms with Crippen molar-refractivity contribution in [1.82, 2.24) is 9.80 Å². The number of rotatable bonds is 7. The van der Waals surface area contributed by atoms with Gasteiger partial charge in [0, 0.05) is 44.5 Å². The third-order valence-corrected chi connectivity index (χ3v) is 6.15. The normalized spacial score (nSPS) is 16.9. The zero-order valence-electron chi connectivity index (χ0n) is 18.5. The second kappa shape index (κ2) is 10.6. The van der Waals surface area contributed by atoms with Crippen LogP contribution in [0.15, 0.2) is 48.5 Å². The molecule has 2 aliphatic heterocycles. The Morgan fingerprint density at radius 2 is 1.39 bits per heavy atom. The summed E-state index contributed by atoms with van der Waals surface area (Å²) < 4.78 is 5.11. The van der Waals surface area contributed by atoms with Crippen molar-refractivity contribution in [2.75, 3.05) is 57.3 Å². The maximum atomic E-state index is 11.0. The average molecular weight is 420 g/mol. The van der Waals surface area contributed by atoms with Crippen molar-refractivity contribution in [2.24, 2.45) is 0 Å². The van der Waals surface area contributed by atoms with E-state index in [9.17, 15) is 4.79 Å². The first-order chi connectivity index (χ1) is 15.2.